The van der Waals surface area contributed by atoms with E-state index >= 15 is 0 Å². The molecular formula is C18H26N2O2. The van der Waals surface area contributed by atoms with E-state index in [2.05, 4.69) is 22.3 Å². The minimum absolute atomic E-state index is 0.180. The Labute approximate surface area is 132 Å². The van der Waals surface area contributed by atoms with Gasteiger partial charge in [0.1, 0.15) is 5.75 Å². The first-order valence-corrected chi connectivity index (χ1v) is 8.43. The van der Waals surface area contributed by atoms with Crippen LogP contribution in [0.5, 0.6) is 5.75 Å². The largest absolute Gasteiger partial charge is 0.497 e. The van der Waals surface area contributed by atoms with Crippen molar-refractivity contribution < 1.29 is 9.53 Å². The Kier molecular flexibility index (Phi) is 4.98. The van der Waals surface area contributed by atoms with Crippen molar-refractivity contribution in [3.63, 3.8) is 0 Å². The fourth-order valence-corrected chi connectivity index (χ4v) is 3.56. The van der Waals surface area contributed by atoms with Crippen LogP contribution in [0.1, 0.15) is 50.1 Å². The number of rotatable bonds is 5. The molecule has 0 radical (unpaired) electrons. The Bertz CT molecular complexity index is 512. The van der Waals surface area contributed by atoms with Crippen molar-refractivity contribution in [2.45, 2.75) is 50.6 Å². The van der Waals surface area contributed by atoms with Gasteiger partial charge in [0, 0.05) is 18.6 Å². The molecule has 2 fully saturated rings. The van der Waals surface area contributed by atoms with E-state index in [1.165, 1.54) is 24.8 Å². The van der Waals surface area contributed by atoms with E-state index in [4.69, 9.17) is 4.74 Å². The number of benzene rings is 1. The molecule has 1 aromatic rings. The quantitative estimate of drug-likeness (QED) is 0.909. The highest BCUT2D eigenvalue weighted by Gasteiger charge is 2.31. The molecule has 1 aliphatic heterocycles. The number of hydrogen-bond acceptors (Lipinski definition) is 3. The molecule has 1 amide bonds. The zero-order valence-electron chi connectivity index (χ0n) is 13.4. The first-order valence-electron chi connectivity index (χ1n) is 8.43. The van der Waals surface area contributed by atoms with Crippen LogP contribution < -0.4 is 10.1 Å². The van der Waals surface area contributed by atoms with Gasteiger partial charge in [-0.3, -0.25) is 9.69 Å². The summed E-state index contributed by atoms with van der Waals surface area (Å²) in [6.07, 6.45) is 7.22. The SMILES string of the molecule is COc1cccc([C@@H]2CCN2CC(=O)NC2CCCCC2)c1. The second kappa shape index (κ2) is 7.14. The molecule has 4 heteroatoms. The third-order valence-corrected chi connectivity index (χ3v) is 4.93. The highest BCUT2D eigenvalue weighted by molar-refractivity contribution is 5.78. The molecule has 2 aliphatic rings. The lowest BCUT2D eigenvalue weighted by molar-refractivity contribution is -0.125. The van der Waals surface area contributed by atoms with E-state index in [-0.39, 0.29) is 5.91 Å². The lowest BCUT2D eigenvalue weighted by atomic mass is 9.94. The summed E-state index contributed by atoms with van der Waals surface area (Å²) < 4.78 is 5.29. The normalized spacial score (nSPS) is 22.9. The summed E-state index contributed by atoms with van der Waals surface area (Å²) in [6, 6.07) is 8.94. The van der Waals surface area contributed by atoms with Gasteiger partial charge in [-0.2, -0.15) is 0 Å². The molecule has 3 rings (SSSR count). The van der Waals surface area contributed by atoms with Crippen molar-refractivity contribution in [2.24, 2.45) is 0 Å². The number of carbonyl (C=O) groups excluding carboxylic acids is 1. The van der Waals surface area contributed by atoms with Crippen molar-refractivity contribution in [3.8, 4) is 5.75 Å². The Morgan fingerprint density at radius 2 is 2.09 bits per heavy atom. The van der Waals surface area contributed by atoms with E-state index in [9.17, 15) is 4.79 Å². The van der Waals surface area contributed by atoms with Crippen molar-refractivity contribution in [1.29, 1.82) is 0 Å². The number of methoxy groups -OCH3 is 1. The number of carbonyl (C=O) groups is 1. The first-order chi connectivity index (χ1) is 10.8. The van der Waals surface area contributed by atoms with Crippen LogP contribution in [-0.2, 0) is 4.79 Å². The zero-order valence-corrected chi connectivity index (χ0v) is 13.4. The highest BCUT2D eigenvalue weighted by Crippen LogP contribution is 2.34. The number of nitrogens with zero attached hydrogens (tertiary/aromatic N) is 1. The van der Waals surface area contributed by atoms with E-state index in [1.807, 2.05) is 12.1 Å². The average Bonchev–Trinajstić information content (AvgIpc) is 2.53. The Balaban J connectivity index is 1.53. The van der Waals surface area contributed by atoms with Crippen LogP contribution in [0.3, 0.4) is 0 Å². The Morgan fingerprint density at radius 3 is 2.77 bits per heavy atom. The van der Waals surface area contributed by atoms with E-state index in [0.717, 1.165) is 31.6 Å². The van der Waals surface area contributed by atoms with Gasteiger partial charge in [-0.1, -0.05) is 31.4 Å². The van der Waals surface area contributed by atoms with Gasteiger partial charge in [0.15, 0.2) is 0 Å². The Morgan fingerprint density at radius 1 is 1.27 bits per heavy atom. The van der Waals surface area contributed by atoms with Crippen LogP contribution in [0.4, 0.5) is 0 Å². The van der Waals surface area contributed by atoms with E-state index < -0.39 is 0 Å². The molecule has 0 spiro atoms. The lowest BCUT2D eigenvalue weighted by Gasteiger charge is -2.41. The van der Waals surface area contributed by atoms with E-state index in [0.29, 0.717) is 18.6 Å². The smallest absolute Gasteiger partial charge is 0.234 e. The monoisotopic (exact) mass is 302 g/mol. The molecule has 1 saturated heterocycles. The maximum absolute atomic E-state index is 12.2. The van der Waals surface area contributed by atoms with Gasteiger partial charge >= 0.3 is 0 Å². The topological polar surface area (TPSA) is 41.6 Å². The minimum Gasteiger partial charge on any atom is -0.497 e. The van der Waals surface area contributed by atoms with Crippen molar-refractivity contribution in [1.82, 2.24) is 10.2 Å². The van der Waals surface area contributed by atoms with Crippen molar-refractivity contribution in [3.05, 3.63) is 29.8 Å². The molecule has 1 heterocycles. The predicted octanol–water partition coefficient (Wildman–Crippen LogP) is 2.89. The van der Waals surface area contributed by atoms with Crippen molar-refractivity contribution in [2.75, 3.05) is 20.2 Å². The lowest BCUT2D eigenvalue weighted by Crippen LogP contribution is -2.48. The van der Waals surface area contributed by atoms with Gasteiger partial charge in [0.2, 0.25) is 5.91 Å². The van der Waals surface area contributed by atoms with Crippen LogP contribution in [0, 0.1) is 0 Å². The molecule has 120 valence electrons. The van der Waals surface area contributed by atoms with Crippen LogP contribution >= 0.6 is 0 Å². The summed E-state index contributed by atoms with van der Waals surface area (Å²) in [4.78, 5) is 14.5. The van der Waals surface area contributed by atoms with Crippen LogP contribution in [0.15, 0.2) is 24.3 Å². The zero-order chi connectivity index (χ0) is 15.4. The number of nitrogens with one attached hydrogen (secondary N) is 1. The summed E-state index contributed by atoms with van der Waals surface area (Å²) in [5.74, 6) is 1.07. The van der Waals surface area contributed by atoms with Gasteiger partial charge in [-0.05, 0) is 37.0 Å². The molecule has 0 bridgehead atoms. The second-order valence-electron chi connectivity index (χ2n) is 6.45. The maximum Gasteiger partial charge on any atom is 0.234 e. The number of ether oxygens (including phenoxy) is 1. The molecule has 4 nitrogen and oxygen atoms in total. The van der Waals surface area contributed by atoms with Crippen LogP contribution in [0.2, 0.25) is 0 Å². The van der Waals surface area contributed by atoms with Gasteiger partial charge in [0.25, 0.3) is 0 Å². The Hall–Kier alpha value is -1.55. The molecule has 1 aromatic carbocycles. The fourth-order valence-electron chi connectivity index (χ4n) is 3.56. The van der Waals surface area contributed by atoms with Crippen LogP contribution in [-0.4, -0.2) is 37.0 Å². The molecule has 1 aliphatic carbocycles. The molecular weight excluding hydrogens is 276 g/mol. The van der Waals surface area contributed by atoms with Gasteiger partial charge in [-0.15, -0.1) is 0 Å². The molecule has 1 N–H and O–H groups in total. The molecule has 0 aromatic heterocycles. The standard InChI is InChI=1S/C18H26N2O2/c1-22-16-9-5-6-14(12-16)17-10-11-20(17)13-18(21)19-15-7-3-2-4-8-15/h5-6,9,12,15,17H,2-4,7-8,10-11,13H2,1H3,(H,19,21)/t17-/m0/s1. The minimum atomic E-state index is 0.180. The fraction of sp³-hybridized carbons (Fsp3) is 0.611. The third kappa shape index (κ3) is 3.61. The summed E-state index contributed by atoms with van der Waals surface area (Å²) in [6.45, 7) is 1.51. The summed E-state index contributed by atoms with van der Waals surface area (Å²) >= 11 is 0. The van der Waals surface area contributed by atoms with E-state index in [1.54, 1.807) is 7.11 Å². The predicted molar refractivity (Wildman–Crippen MR) is 86.9 cm³/mol. The van der Waals surface area contributed by atoms with Gasteiger partial charge < -0.3 is 10.1 Å². The summed E-state index contributed by atoms with van der Waals surface area (Å²) in [5.41, 5.74) is 1.25. The molecule has 22 heavy (non-hydrogen) atoms. The molecule has 1 saturated carbocycles. The first kappa shape index (κ1) is 15.3. The van der Waals surface area contributed by atoms with Gasteiger partial charge in [-0.25, -0.2) is 0 Å². The third-order valence-electron chi connectivity index (χ3n) is 4.93. The van der Waals surface area contributed by atoms with Crippen molar-refractivity contribution >= 4 is 5.91 Å². The summed E-state index contributed by atoms with van der Waals surface area (Å²) in [5, 5.41) is 3.21. The maximum atomic E-state index is 12.2. The molecule has 1 atom stereocenters. The number of amides is 1. The second-order valence-corrected chi connectivity index (χ2v) is 6.45. The highest BCUT2D eigenvalue weighted by atomic mass is 16.5. The number of hydrogen-bond donors (Lipinski definition) is 1. The summed E-state index contributed by atoms with van der Waals surface area (Å²) in [7, 11) is 1.69. The molecule has 0 unspecified atom stereocenters. The average molecular weight is 302 g/mol. The van der Waals surface area contributed by atoms with Crippen LogP contribution in [0.25, 0.3) is 0 Å². The van der Waals surface area contributed by atoms with Gasteiger partial charge in [0.05, 0.1) is 13.7 Å². The number of likely N-dealkylation sites (tertiary alicyclic amines) is 1.